The quantitative estimate of drug-likeness (QED) is 0.199. The van der Waals surface area contributed by atoms with Gasteiger partial charge in [0.2, 0.25) is 0 Å². The van der Waals surface area contributed by atoms with Crippen LogP contribution in [0.4, 0.5) is 0 Å². The van der Waals surface area contributed by atoms with Gasteiger partial charge < -0.3 is 9.47 Å². The van der Waals surface area contributed by atoms with E-state index in [0.29, 0.717) is 57.4 Å². The fourth-order valence-corrected chi connectivity index (χ4v) is 4.62. The Kier molecular flexibility index (Phi) is 8.26. The van der Waals surface area contributed by atoms with E-state index in [1.54, 1.807) is 12.3 Å². The van der Waals surface area contributed by atoms with Crippen molar-refractivity contribution in [3.05, 3.63) is 95.9 Å². The maximum atomic E-state index is 13.1. The van der Waals surface area contributed by atoms with E-state index >= 15 is 0 Å². The fourth-order valence-electron chi connectivity index (χ4n) is 3.50. The Labute approximate surface area is 224 Å². The van der Waals surface area contributed by atoms with Crippen molar-refractivity contribution < 1.29 is 9.47 Å². The smallest absolute Gasteiger partial charge is 0.282 e. The molecule has 0 aliphatic carbocycles. The van der Waals surface area contributed by atoms with E-state index < -0.39 is 0 Å². The molecule has 0 radical (unpaired) electrons. The molecule has 35 heavy (non-hydrogen) atoms. The first-order valence-electron chi connectivity index (χ1n) is 11.0. The first-order valence-corrected chi connectivity index (χ1v) is 13.0. The number of ether oxygens (including phenoxy) is 2. The minimum atomic E-state index is -0.229. The Hall–Kier alpha value is -2.68. The van der Waals surface area contributed by atoms with Crippen LogP contribution in [0.1, 0.15) is 30.8 Å². The average molecular weight is 620 g/mol. The zero-order chi connectivity index (χ0) is 24.9. The summed E-state index contributed by atoms with van der Waals surface area (Å²) < 4.78 is 14.7. The lowest BCUT2D eigenvalue weighted by Gasteiger charge is -2.15. The second kappa shape index (κ2) is 11.4. The molecular formula is C26H22Br2ClN3O3. The molecule has 180 valence electrons. The van der Waals surface area contributed by atoms with Gasteiger partial charge in [-0.3, -0.25) is 4.79 Å². The zero-order valence-electron chi connectivity index (χ0n) is 19.1. The molecule has 1 heterocycles. The molecule has 4 aromatic rings. The number of benzene rings is 3. The molecule has 9 heteroatoms. The van der Waals surface area contributed by atoms with Crippen LogP contribution < -0.4 is 15.0 Å². The molecule has 6 nitrogen and oxygen atoms in total. The van der Waals surface area contributed by atoms with Gasteiger partial charge in [-0.15, -0.1) is 0 Å². The molecular weight excluding hydrogens is 598 g/mol. The maximum absolute atomic E-state index is 13.1. The van der Waals surface area contributed by atoms with Crippen LogP contribution in [0.5, 0.6) is 11.5 Å². The summed E-state index contributed by atoms with van der Waals surface area (Å²) in [4.78, 5) is 17.8. The van der Waals surface area contributed by atoms with Gasteiger partial charge in [0.15, 0.2) is 11.5 Å². The van der Waals surface area contributed by atoms with Crippen molar-refractivity contribution >= 4 is 60.6 Å². The molecule has 0 N–H and O–H groups in total. The minimum Gasteiger partial charge on any atom is -0.490 e. The molecule has 0 fully saturated rings. The number of rotatable bonds is 8. The third-order valence-corrected chi connectivity index (χ3v) is 6.63. The zero-order valence-corrected chi connectivity index (χ0v) is 23.0. The topological polar surface area (TPSA) is 65.7 Å². The molecule has 4 rings (SSSR count). The Morgan fingerprint density at radius 2 is 1.89 bits per heavy atom. The van der Waals surface area contributed by atoms with Crippen molar-refractivity contribution in [2.24, 2.45) is 5.10 Å². The van der Waals surface area contributed by atoms with E-state index in [2.05, 4.69) is 41.9 Å². The van der Waals surface area contributed by atoms with E-state index in [1.165, 1.54) is 4.68 Å². The third-order valence-electron chi connectivity index (χ3n) is 5.18. The molecule has 0 atom stereocenters. The summed E-state index contributed by atoms with van der Waals surface area (Å²) in [5.74, 6) is 1.69. The van der Waals surface area contributed by atoms with E-state index in [-0.39, 0.29) is 5.56 Å². The third kappa shape index (κ3) is 5.77. The lowest BCUT2D eigenvalue weighted by atomic mass is 10.2. The normalized spacial score (nSPS) is 11.3. The van der Waals surface area contributed by atoms with Crippen molar-refractivity contribution in [3.63, 3.8) is 0 Å². The van der Waals surface area contributed by atoms with Crippen LogP contribution in [0, 0.1) is 0 Å². The van der Waals surface area contributed by atoms with Crippen LogP contribution in [0.3, 0.4) is 0 Å². The van der Waals surface area contributed by atoms with Crippen LogP contribution in [0.15, 0.2) is 73.4 Å². The SMILES string of the molecule is CCOc1cc(C=Nn2c(CC)nc3ccc(Br)cc3c2=O)cc(Br)c1OCc1ccccc1Cl. The van der Waals surface area contributed by atoms with Gasteiger partial charge in [0.1, 0.15) is 12.4 Å². The van der Waals surface area contributed by atoms with Crippen LogP contribution in [0.25, 0.3) is 10.9 Å². The minimum absolute atomic E-state index is 0.229. The number of halogens is 3. The average Bonchev–Trinajstić information content (AvgIpc) is 2.84. The fraction of sp³-hybridized carbons (Fsp3) is 0.192. The highest BCUT2D eigenvalue weighted by molar-refractivity contribution is 9.10. The first-order chi connectivity index (χ1) is 16.9. The largest absolute Gasteiger partial charge is 0.490 e. The van der Waals surface area contributed by atoms with Gasteiger partial charge in [0.05, 0.1) is 28.2 Å². The monoisotopic (exact) mass is 617 g/mol. The predicted octanol–water partition coefficient (Wildman–Crippen LogP) is 7.00. The summed E-state index contributed by atoms with van der Waals surface area (Å²) in [5, 5.41) is 5.60. The summed E-state index contributed by atoms with van der Waals surface area (Å²) in [6.45, 7) is 4.59. The second-order valence-electron chi connectivity index (χ2n) is 7.55. The predicted molar refractivity (Wildman–Crippen MR) is 147 cm³/mol. The Bertz CT molecular complexity index is 1470. The van der Waals surface area contributed by atoms with Gasteiger partial charge in [-0.25, -0.2) is 4.98 Å². The van der Waals surface area contributed by atoms with Crippen LogP contribution in [-0.4, -0.2) is 22.5 Å². The highest BCUT2D eigenvalue weighted by Crippen LogP contribution is 2.37. The summed E-state index contributed by atoms with van der Waals surface area (Å²) in [6.07, 6.45) is 2.17. The van der Waals surface area contributed by atoms with Crippen molar-refractivity contribution in [3.8, 4) is 11.5 Å². The van der Waals surface area contributed by atoms with Crippen molar-refractivity contribution in [1.82, 2.24) is 9.66 Å². The molecule has 0 amide bonds. The summed E-state index contributed by atoms with van der Waals surface area (Å²) in [7, 11) is 0. The molecule has 1 aromatic heterocycles. The highest BCUT2D eigenvalue weighted by atomic mass is 79.9. The van der Waals surface area contributed by atoms with Gasteiger partial charge in [-0.2, -0.15) is 9.78 Å². The lowest BCUT2D eigenvalue weighted by Crippen LogP contribution is -2.22. The molecule has 0 spiro atoms. The summed E-state index contributed by atoms with van der Waals surface area (Å²) in [5.41, 5.74) is 2.01. The highest BCUT2D eigenvalue weighted by Gasteiger charge is 2.14. The summed E-state index contributed by atoms with van der Waals surface area (Å²) in [6, 6.07) is 16.6. The van der Waals surface area contributed by atoms with E-state index in [9.17, 15) is 4.79 Å². The van der Waals surface area contributed by atoms with E-state index in [4.69, 9.17) is 21.1 Å². The maximum Gasteiger partial charge on any atom is 0.282 e. The molecule has 0 bridgehead atoms. The van der Waals surface area contributed by atoms with E-state index in [1.807, 2.05) is 62.4 Å². The Balaban J connectivity index is 1.69. The molecule has 0 unspecified atom stereocenters. The second-order valence-corrected chi connectivity index (χ2v) is 9.72. The first kappa shape index (κ1) is 25.4. The number of hydrogen-bond donors (Lipinski definition) is 0. The summed E-state index contributed by atoms with van der Waals surface area (Å²) >= 11 is 13.3. The Morgan fingerprint density at radius 3 is 2.63 bits per heavy atom. The number of aryl methyl sites for hydroxylation is 1. The van der Waals surface area contributed by atoms with Gasteiger partial charge in [0.25, 0.3) is 5.56 Å². The molecule has 0 saturated carbocycles. The van der Waals surface area contributed by atoms with Crippen LogP contribution in [0.2, 0.25) is 5.02 Å². The molecule has 3 aromatic carbocycles. The number of fused-ring (bicyclic) bond motifs is 1. The van der Waals surface area contributed by atoms with Gasteiger partial charge in [-0.1, -0.05) is 52.7 Å². The molecule has 0 aliphatic heterocycles. The van der Waals surface area contributed by atoms with Crippen LogP contribution in [-0.2, 0) is 13.0 Å². The van der Waals surface area contributed by atoms with Gasteiger partial charge >= 0.3 is 0 Å². The number of nitrogens with zero attached hydrogens (tertiary/aromatic N) is 3. The lowest BCUT2D eigenvalue weighted by molar-refractivity contribution is 0.267. The van der Waals surface area contributed by atoms with Crippen molar-refractivity contribution in [1.29, 1.82) is 0 Å². The number of hydrogen-bond acceptors (Lipinski definition) is 5. The van der Waals surface area contributed by atoms with Crippen molar-refractivity contribution in [2.45, 2.75) is 26.9 Å². The van der Waals surface area contributed by atoms with Crippen molar-refractivity contribution in [2.75, 3.05) is 6.61 Å². The molecule has 0 aliphatic rings. The Morgan fingerprint density at radius 1 is 1.09 bits per heavy atom. The standard InChI is InChI=1S/C26H22Br2ClN3O3/c1-3-24-31-22-10-9-18(27)13-19(22)26(33)32(24)30-14-16-11-20(28)25(23(12-16)34-4-2)35-15-17-7-5-6-8-21(17)29/h5-14H,3-4,15H2,1-2H3. The number of aromatic nitrogens is 2. The van der Waals surface area contributed by atoms with Gasteiger partial charge in [-0.05, 0) is 64.8 Å². The molecule has 0 saturated heterocycles. The van der Waals surface area contributed by atoms with E-state index in [0.717, 1.165) is 15.6 Å². The van der Waals surface area contributed by atoms with Gasteiger partial charge in [0, 0.05) is 21.5 Å². The van der Waals surface area contributed by atoms with Crippen LogP contribution >= 0.6 is 43.5 Å².